The Bertz CT molecular complexity index is 1580. The molecule has 0 bridgehead atoms. The van der Waals surface area contributed by atoms with Crippen molar-refractivity contribution < 1.29 is 33.3 Å². The number of ether oxygens (including phenoxy) is 4. The molecule has 0 unspecified atom stereocenters. The fraction of sp³-hybridized carbons (Fsp3) is 0.550. The lowest BCUT2D eigenvalue weighted by Gasteiger charge is -2.57. The second-order valence-electron chi connectivity index (χ2n) is 15.7. The van der Waals surface area contributed by atoms with Crippen molar-refractivity contribution in [2.75, 3.05) is 6.79 Å². The van der Waals surface area contributed by atoms with Crippen molar-refractivity contribution in [2.45, 2.75) is 104 Å². The highest BCUT2D eigenvalue weighted by Gasteiger charge is 2.57. The minimum atomic E-state index is -1.03. The Morgan fingerprint density at radius 1 is 0.939 bits per heavy atom. The first-order valence-electron chi connectivity index (χ1n) is 17.7. The molecule has 4 aliphatic carbocycles. The van der Waals surface area contributed by atoms with Gasteiger partial charge in [-0.2, -0.15) is 0 Å². The zero-order valence-corrected chi connectivity index (χ0v) is 29.4. The molecule has 4 aliphatic rings. The quantitative estimate of drug-likeness (QED) is 0.129. The second kappa shape index (κ2) is 14.0. The summed E-state index contributed by atoms with van der Waals surface area (Å²) in [5.74, 6) is 1.11. The van der Waals surface area contributed by atoms with E-state index in [1.807, 2.05) is 48.8 Å². The van der Waals surface area contributed by atoms with Crippen LogP contribution in [-0.4, -0.2) is 47.7 Å². The number of benzene rings is 1. The second-order valence-corrected chi connectivity index (χ2v) is 15.7. The lowest BCUT2D eigenvalue weighted by molar-refractivity contribution is -0.156. The van der Waals surface area contributed by atoms with Gasteiger partial charge in [-0.25, -0.2) is 14.4 Å². The van der Waals surface area contributed by atoms with Gasteiger partial charge in [0.25, 0.3) is 0 Å². The number of carbonyl (C=O) groups excluding carboxylic acids is 3. The van der Waals surface area contributed by atoms with Gasteiger partial charge in [0.1, 0.15) is 17.7 Å². The fourth-order valence-corrected chi connectivity index (χ4v) is 9.16. The van der Waals surface area contributed by atoms with Crippen LogP contribution < -0.4 is 5.32 Å². The number of fused-ring (bicyclic) bond motifs is 5. The number of rotatable bonds is 8. The van der Waals surface area contributed by atoms with Crippen LogP contribution in [0.25, 0.3) is 5.57 Å². The lowest BCUT2D eigenvalue weighted by atomic mass is 9.47. The van der Waals surface area contributed by atoms with Crippen LogP contribution >= 0.6 is 0 Å². The summed E-state index contributed by atoms with van der Waals surface area (Å²) in [7, 11) is 0. The predicted octanol–water partition coefficient (Wildman–Crippen LogP) is 8.20. The Balaban J connectivity index is 1.01. The van der Waals surface area contributed by atoms with Gasteiger partial charge in [-0.1, -0.05) is 68.0 Å². The Labute approximate surface area is 289 Å². The molecule has 2 fully saturated rings. The van der Waals surface area contributed by atoms with E-state index in [1.54, 1.807) is 20.8 Å². The van der Waals surface area contributed by atoms with Crippen molar-refractivity contribution in [1.29, 1.82) is 0 Å². The highest BCUT2D eigenvalue weighted by atomic mass is 16.8. The molecule has 0 saturated heterocycles. The summed E-state index contributed by atoms with van der Waals surface area (Å²) < 4.78 is 21.5. The molecule has 2 saturated carbocycles. The SMILES string of the molecule is CC(C)(C)OC(=O)N[C@@H](Cc1ccccc1)C(=O)OCOC(=O)O[C@H]1CC[C@@]2(C)C(=CC[C@@H]3[C@@H]2CC[C@]2(C)C(c4cccnc4)=CC[C@@H]32)C1. The summed E-state index contributed by atoms with van der Waals surface area (Å²) in [6.45, 7) is 9.49. The van der Waals surface area contributed by atoms with Crippen LogP contribution in [0.2, 0.25) is 0 Å². The number of aromatic nitrogens is 1. The van der Waals surface area contributed by atoms with Gasteiger partial charge < -0.3 is 24.3 Å². The standard InChI is InChI=1S/C40H50N2O7/c1-38(2,3)49-36(44)42-34(22-26-10-7-6-8-11-26)35(43)46-25-47-37(45)48-29-17-19-39(4)28(23-29)13-14-30-32-16-15-31(27-12-9-21-41-24-27)40(32,5)20-18-33(30)39/h6-13,15,21,24,29-30,32-34H,14,16-20,22-23,25H2,1-5H3,(H,42,44)/t29-,30-,32-,33-,34-,39-,40+/m0/s1. The molecule has 1 aromatic heterocycles. The molecular formula is C40H50N2O7. The molecule has 49 heavy (non-hydrogen) atoms. The predicted molar refractivity (Wildman–Crippen MR) is 185 cm³/mol. The Hall–Kier alpha value is -4.14. The number of hydrogen-bond donors (Lipinski definition) is 1. The third kappa shape index (κ3) is 7.55. The first kappa shape index (κ1) is 34.7. The third-order valence-electron chi connectivity index (χ3n) is 11.5. The topological polar surface area (TPSA) is 113 Å². The van der Waals surface area contributed by atoms with Gasteiger partial charge in [0.2, 0.25) is 6.79 Å². The Kier molecular flexibility index (Phi) is 9.92. The number of hydrogen-bond acceptors (Lipinski definition) is 8. The van der Waals surface area contributed by atoms with Crippen LogP contribution in [0.4, 0.5) is 9.59 Å². The summed E-state index contributed by atoms with van der Waals surface area (Å²) in [6.07, 6.45) is 14.0. The summed E-state index contributed by atoms with van der Waals surface area (Å²) in [4.78, 5) is 42.5. The van der Waals surface area contributed by atoms with Crippen molar-refractivity contribution in [3.05, 3.63) is 83.7 Å². The van der Waals surface area contributed by atoms with Crippen LogP contribution in [0.5, 0.6) is 0 Å². The summed E-state index contributed by atoms with van der Waals surface area (Å²) in [5.41, 5.74) is 4.47. The van der Waals surface area contributed by atoms with E-state index in [0.29, 0.717) is 24.2 Å². The molecule has 1 aromatic carbocycles. The summed E-state index contributed by atoms with van der Waals surface area (Å²) >= 11 is 0. The zero-order chi connectivity index (χ0) is 34.8. The number of carbonyl (C=O) groups is 3. The average molecular weight is 671 g/mol. The van der Waals surface area contributed by atoms with Gasteiger partial charge in [0.05, 0.1) is 0 Å². The normalized spacial score (nSPS) is 29.5. The van der Waals surface area contributed by atoms with E-state index in [0.717, 1.165) is 31.2 Å². The van der Waals surface area contributed by atoms with Gasteiger partial charge in [0, 0.05) is 25.2 Å². The number of pyridine rings is 1. The Morgan fingerprint density at radius 2 is 1.71 bits per heavy atom. The molecule has 0 aliphatic heterocycles. The largest absolute Gasteiger partial charge is 0.511 e. The molecule has 1 amide bonds. The molecule has 0 spiro atoms. The molecule has 1 N–H and O–H groups in total. The van der Waals surface area contributed by atoms with Crippen molar-refractivity contribution in [3.63, 3.8) is 0 Å². The van der Waals surface area contributed by atoms with Crippen molar-refractivity contribution in [2.24, 2.45) is 28.6 Å². The molecule has 1 heterocycles. The van der Waals surface area contributed by atoms with Crippen LogP contribution in [-0.2, 0) is 30.2 Å². The first-order chi connectivity index (χ1) is 23.4. The van der Waals surface area contributed by atoms with Crippen molar-refractivity contribution in [1.82, 2.24) is 10.3 Å². The highest BCUT2D eigenvalue weighted by Crippen LogP contribution is 2.66. The number of amides is 1. The van der Waals surface area contributed by atoms with Crippen LogP contribution in [0.3, 0.4) is 0 Å². The van der Waals surface area contributed by atoms with E-state index in [1.165, 1.54) is 29.6 Å². The fourth-order valence-electron chi connectivity index (χ4n) is 9.16. The summed E-state index contributed by atoms with van der Waals surface area (Å²) in [6, 6.07) is 12.4. The molecule has 2 aromatic rings. The van der Waals surface area contributed by atoms with Crippen LogP contribution in [0.1, 0.15) is 90.7 Å². The van der Waals surface area contributed by atoms with Crippen molar-refractivity contribution >= 4 is 23.8 Å². The lowest BCUT2D eigenvalue weighted by Crippen LogP contribution is -2.50. The maximum atomic E-state index is 13.0. The molecule has 262 valence electrons. The zero-order valence-electron chi connectivity index (χ0n) is 29.4. The molecule has 0 radical (unpaired) electrons. The number of nitrogens with one attached hydrogen (secondary N) is 1. The minimum Gasteiger partial charge on any atom is -0.444 e. The van der Waals surface area contributed by atoms with E-state index >= 15 is 0 Å². The van der Waals surface area contributed by atoms with Gasteiger partial charge in [0.15, 0.2) is 0 Å². The third-order valence-corrected chi connectivity index (χ3v) is 11.5. The van der Waals surface area contributed by atoms with E-state index in [9.17, 15) is 14.4 Å². The van der Waals surface area contributed by atoms with Crippen LogP contribution in [0.15, 0.2) is 72.6 Å². The molecule has 7 atom stereocenters. The van der Waals surface area contributed by atoms with Crippen molar-refractivity contribution in [3.8, 4) is 0 Å². The average Bonchev–Trinajstić information content (AvgIpc) is 3.42. The van der Waals surface area contributed by atoms with E-state index in [2.05, 4.69) is 42.4 Å². The number of nitrogens with zero attached hydrogens (tertiary/aromatic N) is 1. The van der Waals surface area contributed by atoms with E-state index in [4.69, 9.17) is 18.9 Å². The van der Waals surface area contributed by atoms with Gasteiger partial charge in [-0.15, -0.1) is 0 Å². The number of alkyl carbamates (subject to hydrolysis) is 1. The molecule has 6 rings (SSSR count). The van der Waals surface area contributed by atoms with E-state index in [-0.39, 0.29) is 23.4 Å². The highest BCUT2D eigenvalue weighted by molar-refractivity contribution is 5.82. The maximum absolute atomic E-state index is 13.0. The maximum Gasteiger partial charge on any atom is 0.511 e. The monoisotopic (exact) mass is 670 g/mol. The number of esters is 1. The van der Waals surface area contributed by atoms with Gasteiger partial charge in [-0.3, -0.25) is 4.98 Å². The summed E-state index contributed by atoms with van der Waals surface area (Å²) in [5, 5.41) is 2.58. The molecular weight excluding hydrogens is 620 g/mol. The molecule has 9 nitrogen and oxygen atoms in total. The first-order valence-corrected chi connectivity index (χ1v) is 17.7. The van der Waals surface area contributed by atoms with Gasteiger partial charge in [-0.05, 0) is 111 Å². The smallest absolute Gasteiger partial charge is 0.444 e. The van der Waals surface area contributed by atoms with E-state index < -0.39 is 36.7 Å². The number of allylic oxidation sites excluding steroid dienone is 3. The Morgan fingerprint density at radius 3 is 2.45 bits per heavy atom. The minimum absolute atomic E-state index is 0.0928. The molecule has 9 heteroatoms. The van der Waals surface area contributed by atoms with Crippen LogP contribution in [0, 0.1) is 28.6 Å². The van der Waals surface area contributed by atoms with Gasteiger partial charge >= 0.3 is 18.2 Å².